The molecule has 100 valence electrons. The maximum absolute atomic E-state index is 11.3. The highest BCUT2D eigenvalue weighted by molar-refractivity contribution is 6.30. The Morgan fingerprint density at radius 1 is 1.50 bits per heavy atom. The van der Waals surface area contributed by atoms with Gasteiger partial charge in [-0.3, -0.25) is 9.69 Å². The van der Waals surface area contributed by atoms with Crippen LogP contribution in [0.4, 0.5) is 0 Å². The van der Waals surface area contributed by atoms with E-state index in [0.29, 0.717) is 19.6 Å². The molecule has 1 aromatic carbocycles. The Morgan fingerprint density at radius 3 is 2.83 bits per heavy atom. The van der Waals surface area contributed by atoms with Gasteiger partial charge in [0.1, 0.15) is 0 Å². The minimum Gasteiger partial charge on any atom is -0.466 e. The fourth-order valence-corrected chi connectivity index (χ4v) is 1.91. The van der Waals surface area contributed by atoms with Crippen molar-refractivity contribution >= 4 is 17.6 Å². The topological polar surface area (TPSA) is 29.5 Å². The van der Waals surface area contributed by atoms with Crippen molar-refractivity contribution in [2.75, 3.05) is 20.2 Å². The Balaban J connectivity index is 2.51. The molecular weight excluding hydrogens is 250 g/mol. The average molecular weight is 270 g/mol. The zero-order valence-electron chi connectivity index (χ0n) is 11.1. The molecule has 0 saturated carbocycles. The van der Waals surface area contributed by atoms with Gasteiger partial charge in [0.05, 0.1) is 13.0 Å². The van der Waals surface area contributed by atoms with E-state index in [1.54, 1.807) is 0 Å². The first kappa shape index (κ1) is 15.0. The minimum atomic E-state index is -0.150. The summed E-state index contributed by atoms with van der Waals surface area (Å²) in [5.41, 5.74) is 1.15. The molecule has 1 unspecified atom stereocenters. The second kappa shape index (κ2) is 7.39. The lowest BCUT2D eigenvalue weighted by Gasteiger charge is -2.24. The first-order chi connectivity index (χ1) is 8.54. The van der Waals surface area contributed by atoms with Gasteiger partial charge in [0.25, 0.3) is 0 Å². The third-order valence-electron chi connectivity index (χ3n) is 2.97. The Hall–Kier alpha value is -1.06. The fourth-order valence-electron chi connectivity index (χ4n) is 1.72. The minimum absolute atomic E-state index is 0.150. The first-order valence-corrected chi connectivity index (χ1v) is 6.53. The zero-order chi connectivity index (χ0) is 13.5. The number of hydrogen-bond donors (Lipinski definition) is 0. The van der Waals surface area contributed by atoms with Crippen LogP contribution in [0.3, 0.4) is 0 Å². The van der Waals surface area contributed by atoms with E-state index in [0.717, 1.165) is 10.6 Å². The van der Waals surface area contributed by atoms with Crippen molar-refractivity contribution in [1.82, 2.24) is 4.90 Å². The third kappa shape index (κ3) is 4.67. The van der Waals surface area contributed by atoms with E-state index >= 15 is 0 Å². The van der Waals surface area contributed by atoms with Crippen molar-refractivity contribution < 1.29 is 9.53 Å². The summed E-state index contributed by atoms with van der Waals surface area (Å²) >= 11 is 5.97. The molecule has 0 heterocycles. The third-order valence-corrected chi connectivity index (χ3v) is 3.20. The van der Waals surface area contributed by atoms with Crippen LogP contribution in [0.1, 0.15) is 31.9 Å². The Kier molecular flexibility index (Phi) is 6.16. The number of carbonyl (C=O) groups excluding carboxylic acids is 1. The molecule has 0 aromatic heterocycles. The van der Waals surface area contributed by atoms with Crippen LogP contribution >= 0.6 is 11.6 Å². The van der Waals surface area contributed by atoms with Gasteiger partial charge in [0.15, 0.2) is 0 Å². The summed E-state index contributed by atoms with van der Waals surface area (Å²) in [7, 11) is 1.99. The predicted octanol–water partition coefficient (Wildman–Crippen LogP) is 3.29. The van der Waals surface area contributed by atoms with E-state index < -0.39 is 0 Å². The Bertz CT molecular complexity index is 395. The van der Waals surface area contributed by atoms with Gasteiger partial charge in [-0.2, -0.15) is 0 Å². The Labute approximate surface area is 114 Å². The molecule has 0 N–H and O–H groups in total. The lowest BCUT2D eigenvalue weighted by Crippen LogP contribution is -2.25. The van der Waals surface area contributed by atoms with E-state index in [4.69, 9.17) is 16.3 Å². The van der Waals surface area contributed by atoms with Crippen LogP contribution in [0.25, 0.3) is 0 Å². The highest BCUT2D eigenvalue weighted by atomic mass is 35.5. The normalized spacial score (nSPS) is 12.5. The molecule has 0 amide bonds. The molecule has 18 heavy (non-hydrogen) atoms. The van der Waals surface area contributed by atoms with Gasteiger partial charge in [-0.05, 0) is 38.6 Å². The summed E-state index contributed by atoms with van der Waals surface area (Å²) in [6.07, 6.45) is 0.412. The predicted molar refractivity (Wildman–Crippen MR) is 73.7 cm³/mol. The quantitative estimate of drug-likeness (QED) is 0.742. The van der Waals surface area contributed by atoms with E-state index in [1.807, 2.05) is 38.2 Å². The molecule has 0 aliphatic carbocycles. The highest BCUT2D eigenvalue weighted by Crippen LogP contribution is 2.21. The number of carbonyl (C=O) groups is 1. The number of ether oxygens (including phenoxy) is 1. The van der Waals surface area contributed by atoms with Crippen molar-refractivity contribution in [2.24, 2.45) is 0 Å². The van der Waals surface area contributed by atoms with Gasteiger partial charge in [-0.25, -0.2) is 0 Å². The van der Waals surface area contributed by atoms with Gasteiger partial charge in [-0.15, -0.1) is 0 Å². The number of rotatable bonds is 6. The second-order valence-electron chi connectivity index (χ2n) is 4.27. The molecule has 1 atom stereocenters. The van der Waals surface area contributed by atoms with Gasteiger partial charge < -0.3 is 4.74 Å². The van der Waals surface area contributed by atoms with Crippen molar-refractivity contribution in [3.8, 4) is 0 Å². The largest absolute Gasteiger partial charge is 0.466 e. The summed E-state index contributed by atoms with van der Waals surface area (Å²) in [6.45, 7) is 5.02. The fraction of sp³-hybridized carbons (Fsp3) is 0.500. The van der Waals surface area contributed by atoms with Gasteiger partial charge >= 0.3 is 5.97 Å². The van der Waals surface area contributed by atoms with Gasteiger partial charge in [0, 0.05) is 17.6 Å². The second-order valence-corrected chi connectivity index (χ2v) is 4.70. The Morgan fingerprint density at radius 2 is 2.22 bits per heavy atom. The van der Waals surface area contributed by atoms with Crippen LogP contribution in [0.5, 0.6) is 0 Å². The van der Waals surface area contributed by atoms with Crippen molar-refractivity contribution in [3.05, 3.63) is 34.9 Å². The van der Waals surface area contributed by atoms with Gasteiger partial charge in [-0.1, -0.05) is 23.7 Å². The molecule has 1 rings (SSSR count). The molecule has 0 bridgehead atoms. The summed E-state index contributed by atoms with van der Waals surface area (Å²) in [5.74, 6) is -0.150. The SMILES string of the molecule is CCOC(=O)CCN(C)C(C)c1cccc(Cl)c1. The van der Waals surface area contributed by atoms with Crippen LogP contribution in [0.2, 0.25) is 5.02 Å². The molecule has 0 spiro atoms. The molecule has 3 nitrogen and oxygen atoms in total. The summed E-state index contributed by atoms with van der Waals surface area (Å²) in [5, 5.41) is 0.734. The molecule has 4 heteroatoms. The summed E-state index contributed by atoms with van der Waals surface area (Å²) in [6, 6.07) is 8.01. The molecule has 0 aliphatic heterocycles. The summed E-state index contributed by atoms with van der Waals surface area (Å²) in [4.78, 5) is 13.4. The standard InChI is InChI=1S/C14H20ClNO2/c1-4-18-14(17)8-9-16(3)11(2)12-6-5-7-13(15)10-12/h5-7,10-11H,4,8-9H2,1-3H3. The zero-order valence-corrected chi connectivity index (χ0v) is 11.9. The van der Waals surface area contributed by atoms with E-state index in [1.165, 1.54) is 0 Å². The monoisotopic (exact) mass is 269 g/mol. The van der Waals surface area contributed by atoms with Gasteiger partial charge in [0.2, 0.25) is 0 Å². The van der Waals surface area contributed by atoms with E-state index in [2.05, 4.69) is 11.8 Å². The molecule has 0 saturated heterocycles. The van der Waals surface area contributed by atoms with Crippen LogP contribution in [-0.2, 0) is 9.53 Å². The van der Waals surface area contributed by atoms with Crippen molar-refractivity contribution in [3.63, 3.8) is 0 Å². The van der Waals surface area contributed by atoms with E-state index in [9.17, 15) is 4.79 Å². The number of nitrogens with zero attached hydrogens (tertiary/aromatic N) is 1. The van der Waals surface area contributed by atoms with Crippen LogP contribution in [0, 0.1) is 0 Å². The van der Waals surface area contributed by atoms with Crippen molar-refractivity contribution in [1.29, 1.82) is 0 Å². The summed E-state index contributed by atoms with van der Waals surface area (Å²) < 4.78 is 4.91. The molecule has 0 aliphatic rings. The number of halogens is 1. The molecule has 0 fully saturated rings. The number of esters is 1. The van der Waals surface area contributed by atoms with Crippen LogP contribution < -0.4 is 0 Å². The highest BCUT2D eigenvalue weighted by Gasteiger charge is 2.13. The molecule has 0 radical (unpaired) electrons. The maximum Gasteiger partial charge on any atom is 0.307 e. The molecule has 1 aromatic rings. The molecular formula is C14H20ClNO2. The average Bonchev–Trinajstić information content (AvgIpc) is 2.35. The smallest absolute Gasteiger partial charge is 0.307 e. The van der Waals surface area contributed by atoms with Crippen LogP contribution in [0.15, 0.2) is 24.3 Å². The lowest BCUT2D eigenvalue weighted by molar-refractivity contribution is -0.143. The van der Waals surface area contributed by atoms with E-state index in [-0.39, 0.29) is 12.0 Å². The van der Waals surface area contributed by atoms with Crippen LogP contribution in [-0.4, -0.2) is 31.1 Å². The maximum atomic E-state index is 11.3. The first-order valence-electron chi connectivity index (χ1n) is 6.16. The lowest BCUT2D eigenvalue weighted by atomic mass is 10.1. The number of benzene rings is 1. The van der Waals surface area contributed by atoms with Crippen molar-refractivity contribution in [2.45, 2.75) is 26.3 Å². The number of hydrogen-bond acceptors (Lipinski definition) is 3.